The van der Waals surface area contributed by atoms with Gasteiger partial charge in [-0.15, -0.1) is 0 Å². The fourth-order valence-corrected chi connectivity index (χ4v) is 4.11. The van der Waals surface area contributed by atoms with Gasteiger partial charge in [-0.2, -0.15) is 5.10 Å². The van der Waals surface area contributed by atoms with E-state index in [0.29, 0.717) is 11.2 Å². The van der Waals surface area contributed by atoms with Crippen LogP contribution in [0.15, 0.2) is 41.3 Å². The molecule has 0 saturated carbocycles. The van der Waals surface area contributed by atoms with Crippen molar-refractivity contribution in [3.63, 3.8) is 0 Å². The van der Waals surface area contributed by atoms with E-state index in [4.69, 9.17) is 23.2 Å². The van der Waals surface area contributed by atoms with Gasteiger partial charge in [0.1, 0.15) is 4.90 Å². The van der Waals surface area contributed by atoms with Crippen LogP contribution >= 0.6 is 23.2 Å². The molecule has 23 heavy (non-hydrogen) atoms. The molecule has 3 aromatic rings. The third kappa shape index (κ3) is 2.89. The number of hydrogen-bond donors (Lipinski definition) is 1. The van der Waals surface area contributed by atoms with E-state index in [9.17, 15) is 8.42 Å². The van der Waals surface area contributed by atoms with E-state index < -0.39 is 10.0 Å². The molecule has 0 saturated heterocycles. The fraction of sp³-hybridized carbons (Fsp3) is 0.133. The predicted octanol–water partition coefficient (Wildman–Crippen LogP) is 3.99. The molecule has 0 unspecified atom stereocenters. The van der Waals surface area contributed by atoms with Gasteiger partial charge in [-0.05, 0) is 37.3 Å². The first-order valence-corrected chi connectivity index (χ1v) is 8.94. The van der Waals surface area contributed by atoms with Gasteiger partial charge in [-0.25, -0.2) is 8.42 Å². The molecule has 3 rings (SSSR count). The lowest BCUT2D eigenvalue weighted by Gasteiger charge is -2.10. The van der Waals surface area contributed by atoms with Crippen molar-refractivity contribution in [2.75, 3.05) is 4.72 Å². The Morgan fingerprint density at radius 3 is 2.65 bits per heavy atom. The summed E-state index contributed by atoms with van der Waals surface area (Å²) in [5.41, 5.74) is 2.13. The normalized spacial score (nSPS) is 11.8. The number of fused-ring (bicyclic) bond motifs is 1. The highest BCUT2D eigenvalue weighted by Crippen LogP contribution is 2.30. The van der Waals surface area contributed by atoms with Gasteiger partial charge in [-0.3, -0.25) is 9.40 Å². The summed E-state index contributed by atoms with van der Waals surface area (Å²) in [4.78, 5) is -0.0658. The lowest BCUT2D eigenvalue weighted by Crippen LogP contribution is -2.13. The van der Waals surface area contributed by atoms with Crippen LogP contribution in [0.4, 0.5) is 5.69 Å². The maximum atomic E-state index is 12.5. The van der Waals surface area contributed by atoms with Crippen LogP contribution in [0.25, 0.3) is 10.9 Å². The van der Waals surface area contributed by atoms with Gasteiger partial charge in [0.2, 0.25) is 0 Å². The first kappa shape index (κ1) is 16.1. The van der Waals surface area contributed by atoms with E-state index in [-0.39, 0.29) is 14.9 Å². The first-order chi connectivity index (χ1) is 10.8. The van der Waals surface area contributed by atoms with Crippen LogP contribution in [0, 0.1) is 6.92 Å². The second-order valence-corrected chi connectivity index (χ2v) is 7.53. The van der Waals surface area contributed by atoms with Gasteiger partial charge in [-0.1, -0.05) is 29.3 Å². The van der Waals surface area contributed by atoms with Crippen LogP contribution in [0.3, 0.4) is 0 Å². The number of aromatic nitrogens is 2. The quantitative estimate of drug-likeness (QED) is 0.758. The minimum absolute atomic E-state index is 0.00331. The number of nitrogens with one attached hydrogen (secondary N) is 1. The summed E-state index contributed by atoms with van der Waals surface area (Å²) in [5.74, 6) is 0. The molecule has 0 aliphatic rings. The number of hydrogen-bond acceptors (Lipinski definition) is 3. The van der Waals surface area contributed by atoms with E-state index >= 15 is 0 Å². The smallest absolute Gasteiger partial charge is 0.263 e. The summed E-state index contributed by atoms with van der Waals surface area (Å²) >= 11 is 11.9. The van der Waals surface area contributed by atoms with Gasteiger partial charge in [0.15, 0.2) is 0 Å². The Kier molecular flexibility index (Phi) is 4.00. The lowest BCUT2D eigenvalue weighted by molar-refractivity contribution is 0.601. The van der Waals surface area contributed by atoms with E-state index in [1.165, 1.54) is 18.2 Å². The minimum atomic E-state index is -3.84. The van der Waals surface area contributed by atoms with Crippen LogP contribution in [-0.2, 0) is 17.1 Å². The second-order valence-electron chi connectivity index (χ2n) is 5.10. The van der Waals surface area contributed by atoms with Crippen molar-refractivity contribution in [3.8, 4) is 0 Å². The van der Waals surface area contributed by atoms with E-state index in [0.717, 1.165) is 11.1 Å². The summed E-state index contributed by atoms with van der Waals surface area (Å²) in [6.45, 7) is 1.95. The standard InChI is InChI=1S/C15H13Cl2N3O2S/c1-9-11-7-6-10(8-13(11)18-20(9)2)19-23(21,22)14-5-3-4-12(16)15(14)17/h3-8,19H,1-2H3. The van der Waals surface area contributed by atoms with Crippen LogP contribution in [0.5, 0.6) is 0 Å². The van der Waals surface area contributed by atoms with Crippen molar-refractivity contribution < 1.29 is 8.42 Å². The Morgan fingerprint density at radius 1 is 1.17 bits per heavy atom. The van der Waals surface area contributed by atoms with Gasteiger partial charge in [0, 0.05) is 18.1 Å². The molecule has 0 radical (unpaired) electrons. The monoisotopic (exact) mass is 369 g/mol. The SMILES string of the molecule is Cc1c2ccc(NS(=O)(=O)c3cccc(Cl)c3Cl)cc2nn1C. The number of benzene rings is 2. The van der Waals surface area contributed by atoms with E-state index in [1.54, 1.807) is 16.8 Å². The van der Waals surface area contributed by atoms with Crippen molar-refractivity contribution in [3.05, 3.63) is 52.1 Å². The summed E-state index contributed by atoms with van der Waals surface area (Å²) in [5, 5.41) is 5.49. The molecule has 0 spiro atoms. The van der Waals surface area contributed by atoms with Crippen LogP contribution < -0.4 is 4.72 Å². The van der Waals surface area contributed by atoms with Crippen molar-refractivity contribution in [2.24, 2.45) is 7.05 Å². The molecule has 2 aromatic carbocycles. The number of halogens is 2. The lowest BCUT2D eigenvalue weighted by atomic mass is 10.2. The second kappa shape index (κ2) is 5.70. The highest BCUT2D eigenvalue weighted by atomic mass is 35.5. The molecular weight excluding hydrogens is 357 g/mol. The molecule has 0 aliphatic heterocycles. The van der Waals surface area contributed by atoms with Crippen LogP contribution in [0.2, 0.25) is 10.0 Å². The highest BCUT2D eigenvalue weighted by Gasteiger charge is 2.20. The van der Waals surface area contributed by atoms with Gasteiger partial charge in [0.25, 0.3) is 10.0 Å². The Labute approximate surface area is 143 Å². The third-order valence-electron chi connectivity index (χ3n) is 3.59. The van der Waals surface area contributed by atoms with Crippen molar-refractivity contribution in [1.82, 2.24) is 9.78 Å². The molecule has 1 heterocycles. The number of sulfonamides is 1. The average Bonchev–Trinajstić information content (AvgIpc) is 2.76. The molecule has 0 aliphatic carbocycles. The molecule has 0 fully saturated rings. The average molecular weight is 370 g/mol. The zero-order chi connectivity index (χ0) is 16.8. The fourth-order valence-electron chi connectivity index (χ4n) is 2.30. The Bertz CT molecular complexity index is 1010. The summed E-state index contributed by atoms with van der Waals surface area (Å²) in [6, 6.07) is 9.67. The minimum Gasteiger partial charge on any atom is -0.280 e. The summed E-state index contributed by atoms with van der Waals surface area (Å²) in [7, 11) is -2.00. The predicted molar refractivity (Wildman–Crippen MR) is 92.7 cm³/mol. The molecule has 0 atom stereocenters. The molecule has 8 heteroatoms. The van der Waals surface area contributed by atoms with Crippen molar-refractivity contribution in [1.29, 1.82) is 0 Å². The van der Waals surface area contributed by atoms with Gasteiger partial charge >= 0.3 is 0 Å². The molecule has 120 valence electrons. The van der Waals surface area contributed by atoms with Gasteiger partial charge < -0.3 is 0 Å². The number of rotatable bonds is 3. The molecule has 0 amide bonds. The number of nitrogens with zero attached hydrogens (tertiary/aromatic N) is 2. The Hall–Kier alpha value is -1.76. The Balaban J connectivity index is 2.02. The van der Waals surface area contributed by atoms with Crippen LogP contribution in [0.1, 0.15) is 5.69 Å². The zero-order valence-electron chi connectivity index (χ0n) is 12.3. The largest absolute Gasteiger partial charge is 0.280 e. The van der Waals surface area contributed by atoms with Gasteiger partial charge in [0.05, 0.1) is 21.2 Å². The molecule has 1 N–H and O–H groups in total. The summed E-state index contributed by atoms with van der Waals surface area (Å²) < 4.78 is 29.3. The maximum Gasteiger partial charge on any atom is 0.263 e. The van der Waals surface area contributed by atoms with E-state index in [2.05, 4.69) is 9.82 Å². The number of anilines is 1. The van der Waals surface area contributed by atoms with E-state index in [1.807, 2.05) is 20.0 Å². The molecule has 5 nitrogen and oxygen atoms in total. The molecule has 0 bridgehead atoms. The maximum absolute atomic E-state index is 12.5. The summed E-state index contributed by atoms with van der Waals surface area (Å²) in [6.07, 6.45) is 0. The molecular formula is C15H13Cl2N3O2S. The van der Waals surface area contributed by atoms with Crippen LogP contribution in [-0.4, -0.2) is 18.2 Å². The van der Waals surface area contributed by atoms with Crippen molar-refractivity contribution >= 4 is 49.8 Å². The van der Waals surface area contributed by atoms with Crippen molar-refractivity contribution in [2.45, 2.75) is 11.8 Å². The topological polar surface area (TPSA) is 64.0 Å². The molecule has 1 aromatic heterocycles. The third-order valence-corrected chi connectivity index (χ3v) is 5.94. The first-order valence-electron chi connectivity index (χ1n) is 6.70. The number of aryl methyl sites for hydroxylation is 2. The Morgan fingerprint density at radius 2 is 1.91 bits per heavy atom. The highest BCUT2D eigenvalue weighted by molar-refractivity contribution is 7.92. The zero-order valence-corrected chi connectivity index (χ0v) is 14.7.